The molecule has 8 nitrogen and oxygen atoms in total. The Bertz CT molecular complexity index is 1620. The fourth-order valence-corrected chi connectivity index (χ4v) is 4.92. The number of benzene rings is 1. The quantitative estimate of drug-likeness (QED) is 0.347. The summed E-state index contributed by atoms with van der Waals surface area (Å²) in [5, 5.41) is 0.427. The van der Waals surface area contributed by atoms with Crippen molar-refractivity contribution in [2.24, 2.45) is 7.05 Å². The van der Waals surface area contributed by atoms with E-state index in [1.165, 1.54) is 20.2 Å². The summed E-state index contributed by atoms with van der Waals surface area (Å²) in [7, 11) is -1.50. The SMILES string of the molecule is COc1cnc2c(ccn2C)c1C(=O)c1ncc(Cl)cc1NS(=O)(=O)c1ccc(C)c(C(F)(F)F)c1. The standard InChI is InChI=1S/C23H18ClF3N4O4S/c1-12-4-5-14(9-16(12)23(25,26)27)36(33,34)30-17-8-13(24)10-28-20(17)21(32)19-15-6-7-31(2)22(15)29-11-18(19)35-3/h4-11,30H,1-3H3. The number of aryl methyl sites for hydroxylation is 2. The molecule has 0 aliphatic carbocycles. The summed E-state index contributed by atoms with van der Waals surface area (Å²) >= 11 is 6.01. The number of pyridine rings is 2. The first-order valence-corrected chi connectivity index (χ1v) is 12.1. The monoisotopic (exact) mass is 538 g/mol. The maximum absolute atomic E-state index is 13.6. The molecule has 0 aliphatic rings. The van der Waals surface area contributed by atoms with Crippen LogP contribution in [0.15, 0.2) is 53.8 Å². The van der Waals surface area contributed by atoms with Gasteiger partial charge in [-0.3, -0.25) is 9.52 Å². The van der Waals surface area contributed by atoms with Crippen molar-refractivity contribution < 1.29 is 31.1 Å². The minimum absolute atomic E-state index is 0.00399. The summed E-state index contributed by atoms with van der Waals surface area (Å²) in [6, 6.07) is 5.40. The third-order valence-corrected chi connectivity index (χ3v) is 7.01. The Morgan fingerprint density at radius 3 is 2.53 bits per heavy atom. The van der Waals surface area contributed by atoms with Crippen LogP contribution in [0.1, 0.15) is 27.2 Å². The second-order valence-electron chi connectivity index (χ2n) is 7.82. The van der Waals surface area contributed by atoms with Crippen molar-refractivity contribution >= 4 is 44.1 Å². The van der Waals surface area contributed by atoms with Crippen LogP contribution >= 0.6 is 11.6 Å². The van der Waals surface area contributed by atoms with Crippen molar-refractivity contribution in [3.8, 4) is 5.75 Å². The number of nitrogens with zero attached hydrogens (tertiary/aromatic N) is 3. The van der Waals surface area contributed by atoms with Gasteiger partial charge >= 0.3 is 6.18 Å². The van der Waals surface area contributed by atoms with Crippen molar-refractivity contribution in [1.29, 1.82) is 0 Å². The molecule has 1 N–H and O–H groups in total. The summed E-state index contributed by atoms with van der Waals surface area (Å²) in [4.78, 5) is 21.3. The highest BCUT2D eigenvalue weighted by Gasteiger charge is 2.34. The predicted octanol–water partition coefficient (Wildman–Crippen LogP) is 4.99. The summed E-state index contributed by atoms with van der Waals surface area (Å²) in [5.74, 6) is -0.586. The van der Waals surface area contributed by atoms with Gasteiger partial charge in [0.1, 0.15) is 17.1 Å². The molecule has 0 amide bonds. The molecule has 0 spiro atoms. The molecular formula is C23H18ClF3N4O4S. The highest BCUT2D eigenvalue weighted by molar-refractivity contribution is 7.92. The largest absolute Gasteiger partial charge is 0.494 e. The number of hydrogen-bond donors (Lipinski definition) is 1. The molecule has 36 heavy (non-hydrogen) atoms. The molecule has 4 aromatic rings. The van der Waals surface area contributed by atoms with E-state index in [9.17, 15) is 26.4 Å². The van der Waals surface area contributed by atoms with Crippen molar-refractivity contribution in [3.05, 3.63) is 76.3 Å². The van der Waals surface area contributed by atoms with Gasteiger partial charge < -0.3 is 9.30 Å². The van der Waals surface area contributed by atoms with Gasteiger partial charge in [0.2, 0.25) is 5.78 Å². The molecule has 0 aliphatic heterocycles. The lowest BCUT2D eigenvalue weighted by Gasteiger charge is -2.15. The van der Waals surface area contributed by atoms with Gasteiger partial charge in [-0.15, -0.1) is 0 Å². The Labute approximate surface area is 208 Å². The zero-order valence-corrected chi connectivity index (χ0v) is 20.6. The van der Waals surface area contributed by atoms with Crippen LogP contribution in [-0.4, -0.2) is 35.8 Å². The van der Waals surface area contributed by atoms with Crippen LogP contribution < -0.4 is 9.46 Å². The molecule has 0 radical (unpaired) electrons. The van der Waals surface area contributed by atoms with Crippen LogP contribution in [0.5, 0.6) is 5.75 Å². The first-order valence-electron chi connectivity index (χ1n) is 10.2. The van der Waals surface area contributed by atoms with Crippen LogP contribution in [0.25, 0.3) is 11.0 Å². The third kappa shape index (κ3) is 4.61. The molecule has 3 aromatic heterocycles. The van der Waals surface area contributed by atoms with Crippen molar-refractivity contribution in [2.75, 3.05) is 11.8 Å². The lowest BCUT2D eigenvalue weighted by Crippen LogP contribution is -2.18. The number of aromatic nitrogens is 3. The zero-order chi connectivity index (χ0) is 26.4. The predicted molar refractivity (Wildman–Crippen MR) is 127 cm³/mol. The molecule has 3 heterocycles. The number of methoxy groups -OCH3 is 1. The van der Waals surface area contributed by atoms with Gasteiger partial charge in [0.05, 0.1) is 40.0 Å². The van der Waals surface area contributed by atoms with Crippen LogP contribution in [0, 0.1) is 6.92 Å². The summed E-state index contributed by atoms with van der Waals surface area (Å²) in [6.45, 7) is 1.22. The number of ketones is 1. The Morgan fingerprint density at radius 2 is 1.86 bits per heavy atom. The molecule has 0 bridgehead atoms. The number of nitrogens with one attached hydrogen (secondary N) is 1. The molecule has 0 saturated carbocycles. The maximum atomic E-state index is 13.6. The van der Waals surface area contributed by atoms with E-state index >= 15 is 0 Å². The minimum atomic E-state index is -4.76. The van der Waals surface area contributed by atoms with Crippen molar-refractivity contribution in [1.82, 2.24) is 14.5 Å². The number of anilines is 1. The molecule has 0 atom stereocenters. The molecule has 0 saturated heterocycles. The van der Waals surface area contributed by atoms with E-state index < -0.39 is 32.4 Å². The molecular weight excluding hydrogens is 521 g/mol. The molecule has 1 aromatic carbocycles. The van der Waals surface area contributed by atoms with Gasteiger partial charge in [-0.2, -0.15) is 13.2 Å². The molecule has 188 valence electrons. The highest BCUT2D eigenvalue weighted by Crippen LogP contribution is 2.35. The van der Waals surface area contributed by atoms with E-state index in [4.69, 9.17) is 16.3 Å². The summed E-state index contributed by atoms with van der Waals surface area (Å²) in [5.41, 5.74) is -1.34. The number of fused-ring (bicyclic) bond motifs is 1. The van der Waals surface area contributed by atoms with Gasteiger partial charge in [0, 0.05) is 24.8 Å². The van der Waals surface area contributed by atoms with Gasteiger partial charge in [0.15, 0.2) is 0 Å². The summed E-state index contributed by atoms with van der Waals surface area (Å²) in [6.07, 6.45) is -0.577. The van der Waals surface area contributed by atoms with Gasteiger partial charge in [-0.05, 0) is 36.8 Å². The number of ether oxygens (including phenoxy) is 1. The molecule has 0 unspecified atom stereocenters. The number of sulfonamides is 1. The van der Waals surface area contributed by atoms with Crippen LogP contribution in [0.4, 0.5) is 18.9 Å². The van der Waals surface area contributed by atoms with Crippen molar-refractivity contribution in [2.45, 2.75) is 18.0 Å². The third-order valence-electron chi connectivity index (χ3n) is 5.45. The van der Waals surface area contributed by atoms with E-state index in [0.717, 1.165) is 24.4 Å². The average molecular weight is 539 g/mol. The van der Waals surface area contributed by atoms with Crippen LogP contribution in [0.2, 0.25) is 5.02 Å². The van der Waals surface area contributed by atoms with E-state index in [1.54, 1.807) is 23.9 Å². The Kier molecular flexibility index (Phi) is 6.43. The van der Waals surface area contributed by atoms with Crippen LogP contribution in [-0.2, 0) is 23.2 Å². The number of carbonyl (C=O) groups excluding carboxylic acids is 1. The first kappa shape index (κ1) is 25.5. The molecule has 4 rings (SSSR count). The van der Waals surface area contributed by atoms with Crippen molar-refractivity contribution in [3.63, 3.8) is 0 Å². The smallest absolute Gasteiger partial charge is 0.416 e. The Hall–Kier alpha value is -3.64. The Morgan fingerprint density at radius 1 is 1.14 bits per heavy atom. The first-order chi connectivity index (χ1) is 16.8. The van der Waals surface area contributed by atoms with E-state index in [2.05, 4.69) is 14.7 Å². The fourth-order valence-electron chi connectivity index (χ4n) is 3.68. The highest BCUT2D eigenvalue weighted by atomic mass is 35.5. The molecule has 13 heteroatoms. The fraction of sp³-hybridized carbons (Fsp3) is 0.174. The second kappa shape index (κ2) is 9.10. The second-order valence-corrected chi connectivity index (χ2v) is 9.94. The van der Waals surface area contributed by atoms with E-state index in [0.29, 0.717) is 17.1 Å². The maximum Gasteiger partial charge on any atom is 0.416 e. The van der Waals surface area contributed by atoms with Gasteiger partial charge in [-0.1, -0.05) is 17.7 Å². The lowest BCUT2D eigenvalue weighted by atomic mass is 10.0. The lowest BCUT2D eigenvalue weighted by molar-refractivity contribution is -0.138. The Balaban J connectivity index is 1.83. The topological polar surface area (TPSA) is 103 Å². The van der Waals surface area contributed by atoms with Gasteiger partial charge in [-0.25, -0.2) is 18.4 Å². The number of carbonyl (C=O) groups is 1. The van der Waals surface area contributed by atoms with Gasteiger partial charge in [0.25, 0.3) is 10.0 Å². The minimum Gasteiger partial charge on any atom is -0.494 e. The van der Waals surface area contributed by atoms with E-state index in [-0.39, 0.29) is 33.3 Å². The number of hydrogen-bond acceptors (Lipinski definition) is 6. The number of rotatable bonds is 6. The number of alkyl halides is 3. The molecule has 0 fully saturated rings. The normalized spacial score (nSPS) is 12.1. The van der Waals surface area contributed by atoms with E-state index in [1.807, 2.05) is 0 Å². The summed E-state index contributed by atoms with van der Waals surface area (Å²) < 4.78 is 75.3. The van der Waals surface area contributed by atoms with Crippen LogP contribution in [0.3, 0.4) is 0 Å². The zero-order valence-electron chi connectivity index (χ0n) is 19.0. The average Bonchev–Trinajstić information content (AvgIpc) is 3.18. The number of halogens is 4.